The lowest BCUT2D eigenvalue weighted by molar-refractivity contribution is 0.408. The van der Waals surface area contributed by atoms with Crippen molar-refractivity contribution in [2.45, 2.75) is 6.04 Å². The molecule has 96 valence electrons. The van der Waals surface area contributed by atoms with Gasteiger partial charge < -0.3 is 10.5 Å². The third-order valence-corrected chi connectivity index (χ3v) is 3.27. The van der Waals surface area contributed by atoms with E-state index in [9.17, 15) is 0 Å². The Morgan fingerprint density at radius 3 is 2.74 bits per heavy atom. The van der Waals surface area contributed by atoms with Gasteiger partial charge in [0.25, 0.3) is 0 Å². The number of benzene rings is 1. The molecule has 0 radical (unpaired) electrons. The molecule has 0 fully saturated rings. The minimum absolute atomic E-state index is 0.254. The largest absolute Gasteiger partial charge is 0.496 e. The second kappa shape index (κ2) is 4.74. The Labute approximate surface area is 111 Å². The highest BCUT2D eigenvalue weighted by Gasteiger charge is 2.17. The second-order valence-electron chi connectivity index (χ2n) is 4.35. The van der Waals surface area contributed by atoms with Crippen LogP contribution in [0.3, 0.4) is 0 Å². The number of aromatic nitrogens is 2. The molecule has 0 amide bonds. The summed E-state index contributed by atoms with van der Waals surface area (Å²) in [5.41, 5.74) is 9.34. The summed E-state index contributed by atoms with van der Waals surface area (Å²) in [6.07, 6.45) is 3.72. The number of para-hydroxylation sites is 1. The van der Waals surface area contributed by atoms with Crippen LogP contribution in [0.2, 0.25) is 0 Å². The Morgan fingerprint density at radius 2 is 1.89 bits per heavy atom. The zero-order chi connectivity index (χ0) is 13.2. The molecule has 4 nitrogen and oxygen atoms in total. The fourth-order valence-electron chi connectivity index (χ4n) is 2.28. The lowest BCUT2D eigenvalue weighted by Gasteiger charge is -2.14. The SMILES string of the molecule is COc1ccccc1C(N)c1cnn2ccccc12. The Balaban J connectivity index is 2.11. The number of hydrogen-bond donors (Lipinski definition) is 1. The summed E-state index contributed by atoms with van der Waals surface area (Å²) in [6.45, 7) is 0. The predicted octanol–water partition coefficient (Wildman–Crippen LogP) is 2.39. The van der Waals surface area contributed by atoms with E-state index in [1.165, 1.54) is 0 Å². The van der Waals surface area contributed by atoms with E-state index in [1.807, 2.05) is 59.4 Å². The van der Waals surface area contributed by atoms with Gasteiger partial charge >= 0.3 is 0 Å². The van der Waals surface area contributed by atoms with Gasteiger partial charge in [0.05, 0.1) is 24.9 Å². The van der Waals surface area contributed by atoms with Gasteiger partial charge in [-0.1, -0.05) is 24.3 Å². The number of fused-ring (bicyclic) bond motifs is 1. The van der Waals surface area contributed by atoms with Crippen LogP contribution < -0.4 is 10.5 Å². The van der Waals surface area contributed by atoms with E-state index in [4.69, 9.17) is 10.5 Å². The van der Waals surface area contributed by atoms with E-state index < -0.39 is 0 Å². The summed E-state index contributed by atoms with van der Waals surface area (Å²) in [5, 5.41) is 4.32. The quantitative estimate of drug-likeness (QED) is 0.779. The lowest BCUT2D eigenvalue weighted by Crippen LogP contribution is -2.12. The number of methoxy groups -OCH3 is 1. The second-order valence-corrected chi connectivity index (χ2v) is 4.35. The van der Waals surface area contributed by atoms with Crippen LogP contribution in [0.4, 0.5) is 0 Å². The predicted molar refractivity (Wildman–Crippen MR) is 74.2 cm³/mol. The highest BCUT2D eigenvalue weighted by Crippen LogP contribution is 2.29. The van der Waals surface area contributed by atoms with Crippen molar-refractivity contribution in [3.63, 3.8) is 0 Å². The van der Waals surface area contributed by atoms with Crippen molar-refractivity contribution in [1.82, 2.24) is 9.61 Å². The molecule has 3 rings (SSSR count). The van der Waals surface area contributed by atoms with Crippen LogP contribution in [0.25, 0.3) is 5.52 Å². The average molecular weight is 253 g/mol. The Hall–Kier alpha value is -2.33. The van der Waals surface area contributed by atoms with E-state index in [2.05, 4.69) is 5.10 Å². The number of rotatable bonds is 3. The minimum atomic E-state index is -0.254. The zero-order valence-electron chi connectivity index (χ0n) is 10.7. The van der Waals surface area contributed by atoms with Crippen molar-refractivity contribution in [3.8, 4) is 5.75 Å². The molecule has 2 aromatic heterocycles. The van der Waals surface area contributed by atoms with Crippen LogP contribution in [0.1, 0.15) is 17.2 Å². The molecule has 0 saturated heterocycles. The van der Waals surface area contributed by atoms with Crippen LogP contribution in [0.5, 0.6) is 5.75 Å². The van der Waals surface area contributed by atoms with Crippen LogP contribution in [0, 0.1) is 0 Å². The molecule has 2 heterocycles. The van der Waals surface area contributed by atoms with E-state index in [-0.39, 0.29) is 6.04 Å². The molecule has 0 aliphatic rings. The molecule has 3 aromatic rings. The zero-order valence-corrected chi connectivity index (χ0v) is 10.7. The minimum Gasteiger partial charge on any atom is -0.496 e. The first-order valence-electron chi connectivity index (χ1n) is 6.12. The number of nitrogens with zero attached hydrogens (tertiary/aromatic N) is 2. The Morgan fingerprint density at radius 1 is 1.11 bits per heavy atom. The van der Waals surface area contributed by atoms with E-state index >= 15 is 0 Å². The van der Waals surface area contributed by atoms with Gasteiger partial charge in [-0.15, -0.1) is 0 Å². The lowest BCUT2D eigenvalue weighted by atomic mass is 10.00. The highest BCUT2D eigenvalue weighted by atomic mass is 16.5. The fraction of sp³-hybridized carbons (Fsp3) is 0.133. The van der Waals surface area contributed by atoms with Gasteiger partial charge in [-0.2, -0.15) is 5.10 Å². The average Bonchev–Trinajstić information content (AvgIpc) is 2.90. The Bertz CT molecular complexity index is 705. The molecule has 1 aromatic carbocycles. The van der Waals surface area contributed by atoms with Gasteiger partial charge in [-0.05, 0) is 18.2 Å². The first kappa shape index (κ1) is 11.7. The first-order valence-corrected chi connectivity index (χ1v) is 6.12. The maximum absolute atomic E-state index is 6.37. The Kier molecular flexibility index (Phi) is 2.93. The van der Waals surface area contributed by atoms with Crippen LogP contribution in [0.15, 0.2) is 54.9 Å². The highest BCUT2D eigenvalue weighted by molar-refractivity contribution is 5.58. The van der Waals surface area contributed by atoms with E-state index in [1.54, 1.807) is 7.11 Å². The van der Waals surface area contributed by atoms with E-state index in [0.29, 0.717) is 0 Å². The topological polar surface area (TPSA) is 52.5 Å². The molecule has 0 bridgehead atoms. The third kappa shape index (κ3) is 1.96. The summed E-state index contributed by atoms with van der Waals surface area (Å²) >= 11 is 0. The molecule has 1 unspecified atom stereocenters. The molecule has 19 heavy (non-hydrogen) atoms. The van der Waals surface area contributed by atoms with Crippen molar-refractivity contribution in [2.24, 2.45) is 5.73 Å². The summed E-state index contributed by atoms with van der Waals surface area (Å²) < 4.78 is 7.19. The molecule has 1 atom stereocenters. The van der Waals surface area contributed by atoms with Gasteiger partial charge in [-0.3, -0.25) is 0 Å². The summed E-state index contributed by atoms with van der Waals surface area (Å²) in [5.74, 6) is 0.797. The van der Waals surface area contributed by atoms with E-state index in [0.717, 1.165) is 22.4 Å². The number of pyridine rings is 1. The van der Waals surface area contributed by atoms with Crippen molar-refractivity contribution in [2.75, 3.05) is 7.11 Å². The molecule has 4 heteroatoms. The van der Waals surface area contributed by atoms with Crippen molar-refractivity contribution < 1.29 is 4.74 Å². The smallest absolute Gasteiger partial charge is 0.123 e. The molecule has 0 aliphatic carbocycles. The number of nitrogens with two attached hydrogens (primary N) is 1. The van der Waals surface area contributed by atoms with Crippen molar-refractivity contribution in [1.29, 1.82) is 0 Å². The molecular formula is C15H15N3O. The maximum atomic E-state index is 6.37. The third-order valence-electron chi connectivity index (χ3n) is 3.27. The summed E-state index contributed by atoms with van der Waals surface area (Å²) in [7, 11) is 1.65. The molecule has 0 spiro atoms. The van der Waals surface area contributed by atoms with Gasteiger partial charge in [0.2, 0.25) is 0 Å². The van der Waals surface area contributed by atoms with Gasteiger partial charge in [0.15, 0.2) is 0 Å². The van der Waals surface area contributed by atoms with Gasteiger partial charge in [0, 0.05) is 17.3 Å². The summed E-state index contributed by atoms with van der Waals surface area (Å²) in [4.78, 5) is 0. The molecule has 2 N–H and O–H groups in total. The fourth-order valence-corrected chi connectivity index (χ4v) is 2.28. The van der Waals surface area contributed by atoms with Crippen molar-refractivity contribution >= 4 is 5.52 Å². The first-order chi connectivity index (χ1) is 9.31. The van der Waals surface area contributed by atoms with Crippen LogP contribution in [-0.2, 0) is 0 Å². The van der Waals surface area contributed by atoms with Gasteiger partial charge in [0.1, 0.15) is 5.75 Å². The number of hydrogen-bond acceptors (Lipinski definition) is 3. The van der Waals surface area contributed by atoms with Crippen LogP contribution in [-0.4, -0.2) is 16.7 Å². The van der Waals surface area contributed by atoms with Gasteiger partial charge in [-0.25, -0.2) is 4.52 Å². The maximum Gasteiger partial charge on any atom is 0.123 e. The molecule has 0 saturated carbocycles. The normalized spacial score (nSPS) is 12.5. The monoisotopic (exact) mass is 253 g/mol. The number of ether oxygens (including phenoxy) is 1. The molecular weight excluding hydrogens is 238 g/mol. The standard InChI is InChI=1S/C15H15N3O/c1-19-14-8-3-2-6-11(14)15(16)12-10-17-18-9-5-4-7-13(12)18/h2-10,15H,16H2,1H3. The molecule has 0 aliphatic heterocycles. The van der Waals surface area contributed by atoms with Crippen molar-refractivity contribution in [3.05, 3.63) is 66.0 Å². The summed E-state index contributed by atoms with van der Waals surface area (Å²) in [6, 6.07) is 13.5. The van der Waals surface area contributed by atoms with Crippen LogP contribution >= 0.6 is 0 Å².